The van der Waals surface area contributed by atoms with E-state index in [4.69, 9.17) is 18.9 Å². The van der Waals surface area contributed by atoms with Crippen molar-refractivity contribution in [1.29, 1.82) is 0 Å². The van der Waals surface area contributed by atoms with Crippen molar-refractivity contribution in [3.8, 4) is 5.75 Å². The quantitative estimate of drug-likeness (QED) is 0.646. The Labute approximate surface area is 178 Å². The second-order valence-electron chi connectivity index (χ2n) is 7.43. The molecule has 1 heterocycles. The van der Waals surface area contributed by atoms with Crippen LogP contribution in [0.4, 0.5) is 4.79 Å². The van der Waals surface area contributed by atoms with E-state index in [1.54, 1.807) is 6.92 Å². The van der Waals surface area contributed by atoms with Gasteiger partial charge in [0.15, 0.2) is 12.1 Å². The van der Waals surface area contributed by atoms with Gasteiger partial charge in [-0.1, -0.05) is 13.0 Å². The Hall–Kier alpha value is -1.99. The third-order valence-corrected chi connectivity index (χ3v) is 4.64. The summed E-state index contributed by atoms with van der Waals surface area (Å²) in [6, 6.07) is 5.41. The molecule has 1 aliphatic heterocycles. The predicted octanol–water partition coefficient (Wildman–Crippen LogP) is -0.287. The summed E-state index contributed by atoms with van der Waals surface area (Å²) < 4.78 is 22.4. The number of halogens is 1. The van der Waals surface area contributed by atoms with Gasteiger partial charge in [-0.25, -0.2) is 9.59 Å². The van der Waals surface area contributed by atoms with E-state index in [1.165, 1.54) is 0 Å². The van der Waals surface area contributed by atoms with Crippen LogP contribution in [-0.4, -0.2) is 43.1 Å². The summed E-state index contributed by atoms with van der Waals surface area (Å²) >= 11 is 0. The standard InChI is InChI=1S/C21H31NO6.ClH/c1-5-9-25-21(24)28-18-8-6-7-17(22)20(23)26-15(4)19(18)27-16-11-13(2)10-14(3)12-16;/h10-12,15,17-19H,5-9,22H2,1-4H3;1H/t15-,17-,18-,19-;/m0./s1. The van der Waals surface area contributed by atoms with E-state index in [0.29, 0.717) is 38.0 Å². The van der Waals surface area contributed by atoms with Crippen molar-refractivity contribution in [1.82, 2.24) is 0 Å². The molecular formula is C21H32ClNO6. The van der Waals surface area contributed by atoms with E-state index < -0.39 is 30.5 Å². The van der Waals surface area contributed by atoms with Crippen molar-refractivity contribution in [2.75, 3.05) is 6.61 Å². The molecule has 1 aromatic carbocycles. The van der Waals surface area contributed by atoms with Gasteiger partial charge in [0.05, 0.1) is 6.61 Å². The molecule has 164 valence electrons. The monoisotopic (exact) mass is 429 g/mol. The number of esters is 1. The zero-order valence-corrected chi connectivity index (χ0v) is 18.4. The number of hydrogen-bond donors (Lipinski definition) is 1. The van der Waals surface area contributed by atoms with Gasteiger partial charge >= 0.3 is 12.1 Å². The van der Waals surface area contributed by atoms with Gasteiger partial charge in [-0.15, -0.1) is 0 Å². The van der Waals surface area contributed by atoms with Crippen LogP contribution in [0.1, 0.15) is 50.7 Å². The highest BCUT2D eigenvalue weighted by Gasteiger charge is 2.38. The van der Waals surface area contributed by atoms with Crippen molar-refractivity contribution in [2.24, 2.45) is 0 Å². The second kappa shape index (κ2) is 11.9. The summed E-state index contributed by atoms with van der Waals surface area (Å²) in [6.07, 6.45) is -0.129. The van der Waals surface area contributed by atoms with Crippen molar-refractivity contribution < 1.29 is 46.7 Å². The minimum atomic E-state index is -0.732. The maximum atomic E-state index is 12.2. The van der Waals surface area contributed by atoms with Crippen molar-refractivity contribution in [2.45, 2.75) is 77.7 Å². The van der Waals surface area contributed by atoms with Crippen LogP contribution in [0.15, 0.2) is 18.2 Å². The van der Waals surface area contributed by atoms with Gasteiger partial charge in [-0.05, 0) is 63.3 Å². The first-order valence-corrected chi connectivity index (χ1v) is 9.92. The fourth-order valence-corrected chi connectivity index (χ4v) is 3.30. The molecule has 1 aromatic rings. The molecule has 2 rings (SSSR count). The van der Waals surface area contributed by atoms with Gasteiger partial charge in [0, 0.05) is 6.42 Å². The van der Waals surface area contributed by atoms with Gasteiger partial charge in [0.25, 0.3) is 0 Å². The number of ether oxygens (including phenoxy) is 4. The first-order chi connectivity index (χ1) is 13.3. The largest absolute Gasteiger partial charge is 1.00 e. The molecule has 4 atom stereocenters. The van der Waals surface area contributed by atoms with Crippen LogP contribution in [0.2, 0.25) is 0 Å². The molecule has 8 heteroatoms. The van der Waals surface area contributed by atoms with E-state index >= 15 is 0 Å². The summed E-state index contributed by atoms with van der Waals surface area (Å²) in [5.41, 5.74) is 5.98. The molecule has 0 spiro atoms. The summed E-state index contributed by atoms with van der Waals surface area (Å²) in [6.45, 7) is 7.91. The van der Waals surface area contributed by atoms with Crippen LogP contribution in [0.5, 0.6) is 5.75 Å². The van der Waals surface area contributed by atoms with E-state index in [1.807, 2.05) is 39.0 Å². The van der Waals surface area contributed by atoms with E-state index in [2.05, 4.69) is 5.73 Å². The first kappa shape index (κ1) is 25.0. The lowest BCUT2D eigenvalue weighted by Gasteiger charge is -2.30. The van der Waals surface area contributed by atoms with Gasteiger partial charge in [-0.2, -0.15) is 0 Å². The summed E-state index contributed by atoms with van der Waals surface area (Å²) in [5, 5.41) is 0. The SMILES string of the molecule is CCCOC(=O)O[C@H]1CCC[C@H]([NH3+])C(=O)O[C@@H](C)[C@@H]1Oc1cc(C)cc(C)c1.[Cl-]. The molecule has 0 radical (unpaired) electrons. The Bertz CT molecular complexity index is 663. The third kappa shape index (κ3) is 7.74. The average Bonchev–Trinajstić information content (AvgIpc) is 2.66. The Morgan fingerprint density at radius 1 is 1.21 bits per heavy atom. The number of carbonyl (C=O) groups excluding carboxylic acids is 2. The second-order valence-corrected chi connectivity index (χ2v) is 7.43. The number of hydrogen-bond acceptors (Lipinski definition) is 6. The summed E-state index contributed by atoms with van der Waals surface area (Å²) in [4.78, 5) is 24.3. The molecule has 1 saturated heterocycles. The lowest BCUT2D eigenvalue weighted by atomic mass is 10.0. The highest BCUT2D eigenvalue weighted by molar-refractivity contribution is 5.74. The topological polar surface area (TPSA) is 98.7 Å². The molecule has 0 amide bonds. The summed E-state index contributed by atoms with van der Waals surface area (Å²) in [7, 11) is 0. The van der Waals surface area contributed by atoms with Gasteiger partial charge in [0.1, 0.15) is 18.0 Å². The molecule has 0 bridgehead atoms. The van der Waals surface area contributed by atoms with Crippen LogP contribution in [0, 0.1) is 13.8 Å². The summed E-state index contributed by atoms with van der Waals surface area (Å²) in [5.74, 6) is 0.280. The van der Waals surface area contributed by atoms with Crippen LogP contribution < -0.4 is 22.9 Å². The highest BCUT2D eigenvalue weighted by atomic mass is 35.5. The molecule has 0 saturated carbocycles. The Kier molecular flexibility index (Phi) is 10.3. The Morgan fingerprint density at radius 2 is 1.86 bits per heavy atom. The zero-order chi connectivity index (χ0) is 20.7. The van der Waals surface area contributed by atoms with E-state index in [9.17, 15) is 9.59 Å². The number of rotatable bonds is 5. The first-order valence-electron chi connectivity index (χ1n) is 9.92. The molecular weight excluding hydrogens is 398 g/mol. The smallest absolute Gasteiger partial charge is 0.508 e. The molecule has 0 aromatic heterocycles. The van der Waals surface area contributed by atoms with Crippen LogP contribution >= 0.6 is 0 Å². The molecule has 3 N–H and O–H groups in total. The Morgan fingerprint density at radius 3 is 2.48 bits per heavy atom. The Balaban J connectivity index is 0.00000420. The van der Waals surface area contributed by atoms with Crippen molar-refractivity contribution in [3.05, 3.63) is 29.3 Å². The molecule has 29 heavy (non-hydrogen) atoms. The fourth-order valence-electron chi connectivity index (χ4n) is 3.30. The number of quaternary nitrogens is 1. The highest BCUT2D eigenvalue weighted by Crippen LogP contribution is 2.25. The fraction of sp³-hybridized carbons (Fsp3) is 0.619. The van der Waals surface area contributed by atoms with Gasteiger partial charge < -0.3 is 37.1 Å². The third-order valence-electron chi connectivity index (χ3n) is 4.64. The van der Waals surface area contributed by atoms with Gasteiger partial charge in [-0.3, -0.25) is 0 Å². The maximum Gasteiger partial charge on any atom is 0.508 e. The zero-order valence-electron chi connectivity index (χ0n) is 17.6. The minimum Gasteiger partial charge on any atom is -1.00 e. The molecule has 7 nitrogen and oxygen atoms in total. The molecule has 1 aliphatic rings. The van der Waals surface area contributed by atoms with E-state index in [0.717, 1.165) is 11.1 Å². The number of carbonyl (C=O) groups is 2. The van der Waals surface area contributed by atoms with Crippen molar-refractivity contribution >= 4 is 12.1 Å². The lowest BCUT2D eigenvalue weighted by molar-refractivity contribution is -0.410. The van der Waals surface area contributed by atoms with Crippen LogP contribution in [0.3, 0.4) is 0 Å². The van der Waals surface area contributed by atoms with Crippen LogP contribution in [0.25, 0.3) is 0 Å². The van der Waals surface area contributed by atoms with Crippen LogP contribution in [-0.2, 0) is 19.0 Å². The average molecular weight is 430 g/mol. The molecule has 0 unspecified atom stereocenters. The number of cyclic esters (lactones) is 1. The minimum absolute atomic E-state index is 0. The molecule has 0 aliphatic carbocycles. The molecule has 1 fully saturated rings. The van der Waals surface area contributed by atoms with Crippen molar-refractivity contribution in [3.63, 3.8) is 0 Å². The number of aryl methyl sites for hydroxylation is 2. The van der Waals surface area contributed by atoms with E-state index in [-0.39, 0.29) is 18.4 Å². The number of benzene rings is 1. The maximum absolute atomic E-state index is 12.2. The predicted molar refractivity (Wildman–Crippen MR) is 103 cm³/mol. The normalized spacial score (nSPS) is 24.8. The lowest BCUT2D eigenvalue weighted by Crippen LogP contribution is -3.00. The van der Waals surface area contributed by atoms with Gasteiger partial charge in [0.2, 0.25) is 0 Å².